The third-order valence-corrected chi connectivity index (χ3v) is 3.77. The first-order valence-electron chi connectivity index (χ1n) is 6.85. The Bertz CT molecular complexity index is 646. The second-order valence-electron chi connectivity index (χ2n) is 5.16. The van der Waals surface area contributed by atoms with Gasteiger partial charge in [0.05, 0.1) is 17.2 Å². The predicted octanol–water partition coefficient (Wildman–Crippen LogP) is 3.57. The monoisotopic (exact) mass is 306 g/mol. The van der Waals surface area contributed by atoms with Gasteiger partial charge >= 0.3 is 0 Å². The van der Waals surface area contributed by atoms with Crippen LogP contribution in [0.5, 0.6) is 5.75 Å². The van der Waals surface area contributed by atoms with Gasteiger partial charge in [0.15, 0.2) is 0 Å². The average Bonchev–Trinajstić information content (AvgIpc) is 3.28. The topological polar surface area (TPSA) is 47.3 Å². The second kappa shape index (κ2) is 6.02. The molecule has 21 heavy (non-hydrogen) atoms. The van der Waals surface area contributed by atoms with Crippen LogP contribution in [0.3, 0.4) is 0 Å². The lowest BCUT2D eigenvalue weighted by Gasteiger charge is -2.18. The van der Waals surface area contributed by atoms with Crippen molar-refractivity contribution in [2.45, 2.75) is 25.0 Å². The maximum atomic E-state index is 13.6. The van der Waals surface area contributed by atoms with E-state index in [0.717, 1.165) is 24.2 Å². The highest BCUT2D eigenvalue weighted by molar-refractivity contribution is 6.30. The lowest BCUT2D eigenvalue weighted by atomic mass is 9.99. The molecule has 3 rings (SSSR count). The molecule has 0 radical (unpaired) electrons. The number of benzene rings is 2. The van der Waals surface area contributed by atoms with Gasteiger partial charge in [0.1, 0.15) is 11.6 Å². The summed E-state index contributed by atoms with van der Waals surface area (Å²) >= 11 is 5.72. The Morgan fingerprint density at radius 2 is 1.95 bits per heavy atom. The Hall–Kier alpha value is -1.62. The summed E-state index contributed by atoms with van der Waals surface area (Å²) in [5.74, 6) is 5.99. The van der Waals surface area contributed by atoms with Crippen LogP contribution in [0, 0.1) is 5.82 Å². The van der Waals surface area contributed by atoms with Gasteiger partial charge in [-0.2, -0.15) is 0 Å². The molecule has 0 aliphatic heterocycles. The van der Waals surface area contributed by atoms with Crippen molar-refractivity contribution in [2.75, 3.05) is 0 Å². The molecule has 5 heteroatoms. The highest BCUT2D eigenvalue weighted by atomic mass is 35.5. The Morgan fingerprint density at radius 1 is 1.19 bits per heavy atom. The van der Waals surface area contributed by atoms with E-state index >= 15 is 0 Å². The summed E-state index contributed by atoms with van der Waals surface area (Å²) in [5, 5.41) is 0.0975. The van der Waals surface area contributed by atoms with Gasteiger partial charge in [-0.25, -0.2) is 9.82 Å². The van der Waals surface area contributed by atoms with Crippen LogP contribution in [0.2, 0.25) is 5.02 Å². The maximum Gasteiger partial charge on any atom is 0.142 e. The van der Waals surface area contributed by atoms with E-state index in [4.69, 9.17) is 22.2 Å². The number of nitrogens with one attached hydrogen (secondary N) is 1. The second-order valence-corrected chi connectivity index (χ2v) is 5.57. The smallest absolute Gasteiger partial charge is 0.142 e. The number of hydrazine groups is 1. The molecule has 3 N–H and O–H groups in total. The van der Waals surface area contributed by atoms with Crippen LogP contribution in [-0.4, -0.2) is 6.10 Å². The summed E-state index contributed by atoms with van der Waals surface area (Å²) in [5.41, 5.74) is 4.34. The molecule has 1 saturated carbocycles. The van der Waals surface area contributed by atoms with Crippen molar-refractivity contribution in [3.8, 4) is 5.75 Å². The molecule has 2 aromatic rings. The molecule has 1 aliphatic rings. The SMILES string of the molecule is NNC(c1cccc(OC2CC2)c1)c1ccc(Cl)c(F)c1. The van der Waals surface area contributed by atoms with E-state index < -0.39 is 5.82 Å². The minimum absolute atomic E-state index is 0.0975. The molecular weight excluding hydrogens is 291 g/mol. The summed E-state index contributed by atoms with van der Waals surface area (Å²) < 4.78 is 19.4. The molecule has 0 saturated heterocycles. The van der Waals surface area contributed by atoms with Crippen molar-refractivity contribution in [3.05, 3.63) is 64.4 Å². The van der Waals surface area contributed by atoms with Crippen LogP contribution in [0.1, 0.15) is 30.0 Å². The summed E-state index contributed by atoms with van der Waals surface area (Å²) in [7, 11) is 0. The van der Waals surface area contributed by atoms with Crippen molar-refractivity contribution in [1.29, 1.82) is 0 Å². The first-order valence-corrected chi connectivity index (χ1v) is 7.23. The summed E-state index contributed by atoms with van der Waals surface area (Å²) in [6.07, 6.45) is 2.54. The number of halogens is 2. The molecule has 1 atom stereocenters. The summed E-state index contributed by atoms with van der Waals surface area (Å²) in [4.78, 5) is 0. The first kappa shape index (κ1) is 14.3. The van der Waals surface area contributed by atoms with Gasteiger partial charge < -0.3 is 4.74 Å². The van der Waals surface area contributed by atoms with E-state index in [1.165, 1.54) is 12.1 Å². The molecule has 110 valence electrons. The predicted molar refractivity (Wildman–Crippen MR) is 80.7 cm³/mol. The van der Waals surface area contributed by atoms with Crippen LogP contribution < -0.4 is 16.0 Å². The van der Waals surface area contributed by atoms with Crippen molar-refractivity contribution >= 4 is 11.6 Å². The Kier molecular flexibility index (Phi) is 4.10. The van der Waals surface area contributed by atoms with Crippen molar-refractivity contribution in [1.82, 2.24) is 5.43 Å². The van der Waals surface area contributed by atoms with Gasteiger partial charge in [-0.05, 0) is 48.2 Å². The highest BCUT2D eigenvalue weighted by Gasteiger charge is 2.24. The standard InChI is InChI=1S/C16H16ClFN2O/c17-14-7-4-11(9-15(14)18)16(20-19)10-2-1-3-13(8-10)21-12-5-6-12/h1-4,7-9,12,16,20H,5-6,19H2. The van der Waals surface area contributed by atoms with E-state index in [-0.39, 0.29) is 11.1 Å². The zero-order valence-electron chi connectivity index (χ0n) is 11.4. The van der Waals surface area contributed by atoms with Crippen molar-refractivity contribution in [3.63, 3.8) is 0 Å². The van der Waals surface area contributed by atoms with Crippen molar-refractivity contribution in [2.24, 2.45) is 5.84 Å². The molecule has 0 bridgehead atoms. The Morgan fingerprint density at radius 3 is 2.62 bits per heavy atom. The van der Waals surface area contributed by atoms with E-state index in [9.17, 15) is 4.39 Å². The minimum atomic E-state index is -0.459. The van der Waals surface area contributed by atoms with Gasteiger partial charge in [-0.1, -0.05) is 29.8 Å². The zero-order valence-corrected chi connectivity index (χ0v) is 12.1. The lowest BCUT2D eigenvalue weighted by molar-refractivity contribution is 0.302. The summed E-state index contributed by atoms with van der Waals surface area (Å²) in [6.45, 7) is 0. The van der Waals surface area contributed by atoms with Crippen LogP contribution in [0.15, 0.2) is 42.5 Å². The largest absolute Gasteiger partial charge is 0.490 e. The number of rotatable bonds is 5. The first-order chi connectivity index (χ1) is 10.2. The Labute approximate surface area is 127 Å². The molecular formula is C16H16ClFN2O. The number of hydrogen-bond donors (Lipinski definition) is 2. The quantitative estimate of drug-likeness (QED) is 0.656. The minimum Gasteiger partial charge on any atom is -0.490 e. The van der Waals surface area contributed by atoms with Crippen LogP contribution in [0.25, 0.3) is 0 Å². The number of nitrogens with two attached hydrogens (primary N) is 1. The molecule has 1 unspecified atom stereocenters. The van der Waals surface area contributed by atoms with E-state index in [1.54, 1.807) is 6.07 Å². The molecule has 0 spiro atoms. The van der Waals surface area contributed by atoms with Gasteiger partial charge in [0, 0.05) is 0 Å². The molecule has 3 nitrogen and oxygen atoms in total. The Balaban J connectivity index is 1.89. The number of hydrogen-bond acceptors (Lipinski definition) is 3. The van der Waals surface area contributed by atoms with Crippen LogP contribution in [0.4, 0.5) is 4.39 Å². The third-order valence-electron chi connectivity index (χ3n) is 3.46. The highest BCUT2D eigenvalue weighted by Crippen LogP contribution is 2.30. The van der Waals surface area contributed by atoms with E-state index in [1.807, 2.05) is 24.3 Å². The molecule has 0 aromatic heterocycles. The lowest BCUT2D eigenvalue weighted by Crippen LogP contribution is -2.28. The fraction of sp³-hybridized carbons (Fsp3) is 0.250. The fourth-order valence-corrected chi connectivity index (χ4v) is 2.34. The summed E-state index contributed by atoms with van der Waals surface area (Å²) in [6, 6.07) is 12.0. The molecule has 2 aromatic carbocycles. The average molecular weight is 307 g/mol. The van der Waals surface area contributed by atoms with Crippen LogP contribution in [-0.2, 0) is 0 Å². The van der Waals surface area contributed by atoms with E-state index in [0.29, 0.717) is 11.7 Å². The third kappa shape index (κ3) is 3.35. The van der Waals surface area contributed by atoms with Crippen molar-refractivity contribution < 1.29 is 9.13 Å². The van der Waals surface area contributed by atoms with Gasteiger partial charge in [-0.15, -0.1) is 0 Å². The van der Waals surface area contributed by atoms with Crippen LogP contribution >= 0.6 is 11.6 Å². The van der Waals surface area contributed by atoms with E-state index in [2.05, 4.69) is 5.43 Å². The molecule has 0 amide bonds. The fourth-order valence-electron chi connectivity index (χ4n) is 2.22. The molecule has 0 heterocycles. The molecule has 1 aliphatic carbocycles. The normalized spacial score (nSPS) is 15.8. The van der Waals surface area contributed by atoms with Gasteiger partial charge in [0.25, 0.3) is 0 Å². The molecule has 1 fully saturated rings. The zero-order chi connectivity index (χ0) is 14.8. The number of ether oxygens (including phenoxy) is 1. The van der Waals surface area contributed by atoms with Gasteiger partial charge in [0.2, 0.25) is 0 Å². The van der Waals surface area contributed by atoms with Gasteiger partial charge in [-0.3, -0.25) is 5.84 Å². The maximum absolute atomic E-state index is 13.6.